The summed E-state index contributed by atoms with van der Waals surface area (Å²) in [6, 6.07) is 17.8. The van der Waals surface area contributed by atoms with Gasteiger partial charge in [0.1, 0.15) is 12.4 Å². The smallest absolute Gasteiger partial charge is 0.348 e. The summed E-state index contributed by atoms with van der Waals surface area (Å²) in [5.74, 6) is -1.24. The number of hydrogen-bond donors (Lipinski definition) is 2. The van der Waals surface area contributed by atoms with Gasteiger partial charge in [0.25, 0.3) is 5.91 Å². The molecule has 8 nitrogen and oxygen atoms in total. The normalized spacial score (nSPS) is 10.7. The summed E-state index contributed by atoms with van der Waals surface area (Å²) in [7, 11) is 0. The van der Waals surface area contributed by atoms with Crippen LogP contribution in [0.15, 0.2) is 77.7 Å². The fourth-order valence-electron chi connectivity index (χ4n) is 3.01. The lowest BCUT2D eigenvalue weighted by Gasteiger charge is -2.05. The molecule has 2 heterocycles. The molecule has 0 bridgehead atoms. The summed E-state index contributed by atoms with van der Waals surface area (Å²) in [4.78, 5) is 37.3. The van der Waals surface area contributed by atoms with Crippen LogP contribution in [0.3, 0.4) is 0 Å². The summed E-state index contributed by atoms with van der Waals surface area (Å²) in [6.45, 7) is 0.0306. The van der Waals surface area contributed by atoms with Crippen LogP contribution in [0.4, 0.5) is 10.1 Å². The number of rotatable bonds is 6. The van der Waals surface area contributed by atoms with Gasteiger partial charge >= 0.3 is 5.69 Å². The highest BCUT2D eigenvalue weighted by Gasteiger charge is 2.13. The van der Waals surface area contributed by atoms with Gasteiger partial charge in [-0.3, -0.25) is 9.59 Å². The number of benzene rings is 2. The summed E-state index contributed by atoms with van der Waals surface area (Å²) >= 11 is 0. The Hall–Kier alpha value is -4.27. The van der Waals surface area contributed by atoms with Gasteiger partial charge in [0.15, 0.2) is 5.65 Å². The molecule has 2 N–H and O–H groups in total. The minimum atomic E-state index is -0.554. The second-order valence-electron chi connectivity index (χ2n) is 6.81. The average Bonchev–Trinajstić information content (AvgIpc) is 3.09. The molecule has 2 amide bonds. The molecule has 0 spiro atoms. The minimum absolute atomic E-state index is 0.292. The second kappa shape index (κ2) is 8.62. The van der Waals surface area contributed by atoms with Crippen LogP contribution in [0, 0.1) is 5.82 Å². The number of carbonyl (C=O) groups excluding carboxylic acids is 2. The Labute approximate surface area is 175 Å². The van der Waals surface area contributed by atoms with Gasteiger partial charge in [-0.05, 0) is 42.0 Å². The number of halogens is 1. The molecule has 156 valence electrons. The van der Waals surface area contributed by atoms with E-state index in [1.165, 1.54) is 40.9 Å². The lowest BCUT2D eigenvalue weighted by atomic mass is 10.2. The molecule has 0 aliphatic rings. The number of fused-ring (bicyclic) bond motifs is 1. The van der Waals surface area contributed by atoms with Gasteiger partial charge in [-0.15, -0.1) is 5.10 Å². The summed E-state index contributed by atoms with van der Waals surface area (Å²) in [6.07, 6.45) is 1.39. The molecule has 0 radical (unpaired) electrons. The molecular formula is C22H18FN5O3. The number of aromatic nitrogens is 3. The Balaban J connectivity index is 1.47. The molecule has 0 unspecified atom stereocenters. The molecule has 2 aromatic heterocycles. The van der Waals surface area contributed by atoms with Crippen LogP contribution in [0.1, 0.15) is 15.9 Å². The van der Waals surface area contributed by atoms with E-state index in [2.05, 4.69) is 15.7 Å². The van der Waals surface area contributed by atoms with Crippen molar-refractivity contribution in [3.05, 3.63) is 100 Å². The van der Waals surface area contributed by atoms with Crippen molar-refractivity contribution in [3.63, 3.8) is 0 Å². The van der Waals surface area contributed by atoms with Gasteiger partial charge in [0, 0.05) is 18.4 Å². The Bertz CT molecular complexity index is 1300. The maximum absolute atomic E-state index is 13.0. The van der Waals surface area contributed by atoms with Gasteiger partial charge in [0.05, 0.1) is 5.56 Å². The van der Waals surface area contributed by atoms with Crippen LogP contribution in [0.25, 0.3) is 5.65 Å². The third-order valence-electron chi connectivity index (χ3n) is 4.56. The fourth-order valence-corrected chi connectivity index (χ4v) is 3.01. The first-order valence-corrected chi connectivity index (χ1v) is 9.46. The average molecular weight is 419 g/mol. The van der Waals surface area contributed by atoms with Crippen molar-refractivity contribution in [1.29, 1.82) is 0 Å². The number of anilines is 1. The van der Waals surface area contributed by atoms with Gasteiger partial charge in [-0.25, -0.2) is 18.3 Å². The monoisotopic (exact) mass is 419 g/mol. The van der Waals surface area contributed by atoms with Crippen LogP contribution in [0.2, 0.25) is 0 Å². The quantitative estimate of drug-likeness (QED) is 0.501. The zero-order chi connectivity index (χ0) is 21.8. The first kappa shape index (κ1) is 20.0. The third-order valence-corrected chi connectivity index (χ3v) is 4.56. The van der Waals surface area contributed by atoms with Crippen LogP contribution in [0.5, 0.6) is 0 Å². The number of carbonyl (C=O) groups is 2. The van der Waals surface area contributed by atoms with Crippen LogP contribution in [-0.2, 0) is 17.9 Å². The number of amides is 2. The molecule has 4 rings (SSSR count). The molecule has 0 saturated carbocycles. The largest absolute Gasteiger partial charge is 0.350 e. The van der Waals surface area contributed by atoms with E-state index >= 15 is 0 Å². The number of nitrogens with one attached hydrogen (secondary N) is 2. The zero-order valence-electron chi connectivity index (χ0n) is 16.3. The Morgan fingerprint density at radius 2 is 1.71 bits per heavy atom. The third kappa shape index (κ3) is 4.67. The highest BCUT2D eigenvalue weighted by molar-refractivity contribution is 5.94. The predicted octanol–water partition coefficient (Wildman–Crippen LogP) is 2.20. The molecule has 0 aliphatic heterocycles. The summed E-state index contributed by atoms with van der Waals surface area (Å²) in [5, 5.41) is 9.49. The van der Waals surface area contributed by atoms with Gasteiger partial charge in [-0.1, -0.05) is 30.3 Å². The number of nitrogens with zero attached hydrogens (tertiary/aromatic N) is 3. The van der Waals surface area contributed by atoms with Crippen molar-refractivity contribution in [3.8, 4) is 0 Å². The second-order valence-corrected chi connectivity index (χ2v) is 6.81. The summed E-state index contributed by atoms with van der Waals surface area (Å²) < 4.78 is 15.2. The van der Waals surface area contributed by atoms with Crippen molar-refractivity contribution >= 4 is 23.1 Å². The van der Waals surface area contributed by atoms with Gasteiger partial charge < -0.3 is 10.6 Å². The first-order chi connectivity index (χ1) is 15.0. The van der Waals surface area contributed by atoms with E-state index in [0.29, 0.717) is 23.4 Å². The lowest BCUT2D eigenvalue weighted by Crippen LogP contribution is -2.28. The summed E-state index contributed by atoms with van der Waals surface area (Å²) in [5.41, 5.74) is 1.40. The van der Waals surface area contributed by atoms with Gasteiger partial charge in [0.2, 0.25) is 5.91 Å². The maximum atomic E-state index is 13.0. The maximum Gasteiger partial charge on any atom is 0.350 e. The lowest BCUT2D eigenvalue weighted by molar-refractivity contribution is -0.117. The molecule has 0 fully saturated rings. The van der Waals surface area contributed by atoms with Crippen molar-refractivity contribution in [2.24, 2.45) is 0 Å². The van der Waals surface area contributed by atoms with E-state index in [4.69, 9.17) is 0 Å². The highest BCUT2D eigenvalue weighted by atomic mass is 19.1. The standard InChI is InChI=1S/C22H18FN5O3/c23-17-7-9-18(10-8-17)25-20(29)14-28-22(31)27-13-16(6-11-19(27)26-28)21(30)24-12-15-4-2-1-3-5-15/h1-11,13H,12,14H2,(H,24,30)(H,25,29). The first-order valence-electron chi connectivity index (χ1n) is 9.46. The van der Waals surface area contributed by atoms with Crippen molar-refractivity contribution < 1.29 is 14.0 Å². The molecule has 0 saturated heterocycles. The zero-order valence-corrected chi connectivity index (χ0v) is 16.3. The fraction of sp³-hybridized carbons (Fsp3) is 0.0909. The molecule has 2 aromatic carbocycles. The Morgan fingerprint density at radius 3 is 2.45 bits per heavy atom. The van der Waals surface area contributed by atoms with E-state index in [1.807, 2.05) is 30.3 Å². The number of pyridine rings is 1. The van der Waals surface area contributed by atoms with E-state index in [1.54, 1.807) is 6.07 Å². The van der Waals surface area contributed by atoms with Crippen LogP contribution < -0.4 is 16.3 Å². The Kier molecular flexibility index (Phi) is 5.57. The molecular weight excluding hydrogens is 401 g/mol. The predicted molar refractivity (Wildman–Crippen MR) is 112 cm³/mol. The van der Waals surface area contributed by atoms with E-state index < -0.39 is 17.4 Å². The Morgan fingerprint density at radius 1 is 0.968 bits per heavy atom. The SMILES string of the molecule is O=C(Cn1nc2ccc(C(=O)NCc3ccccc3)cn2c1=O)Nc1ccc(F)cc1. The van der Waals surface area contributed by atoms with Crippen molar-refractivity contribution in [1.82, 2.24) is 19.5 Å². The molecule has 31 heavy (non-hydrogen) atoms. The van der Waals surface area contributed by atoms with Crippen molar-refractivity contribution in [2.75, 3.05) is 5.32 Å². The highest BCUT2D eigenvalue weighted by Crippen LogP contribution is 2.08. The van der Waals surface area contributed by atoms with Gasteiger partial charge in [-0.2, -0.15) is 0 Å². The number of hydrogen-bond acceptors (Lipinski definition) is 4. The van der Waals surface area contributed by atoms with E-state index in [0.717, 1.165) is 10.2 Å². The minimum Gasteiger partial charge on any atom is -0.348 e. The molecule has 9 heteroatoms. The van der Waals surface area contributed by atoms with E-state index in [-0.39, 0.29) is 12.5 Å². The molecule has 4 aromatic rings. The van der Waals surface area contributed by atoms with E-state index in [9.17, 15) is 18.8 Å². The molecule has 0 atom stereocenters. The van der Waals surface area contributed by atoms with Crippen LogP contribution >= 0.6 is 0 Å². The van der Waals surface area contributed by atoms with Crippen molar-refractivity contribution in [2.45, 2.75) is 13.1 Å². The topological polar surface area (TPSA) is 97.5 Å². The van der Waals surface area contributed by atoms with Crippen LogP contribution in [-0.4, -0.2) is 26.0 Å². The molecule has 0 aliphatic carbocycles.